The highest BCUT2D eigenvalue weighted by Crippen LogP contribution is 2.42. The molecule has 1 unspecified atom stereocenters. The highest BCUT2D eigenvalue weighted by molar-refractivity contribution is 7.97. The second-order valence-electron chi connectivity index (χ2n) is 8.79. The van der Waals surface area contributed by atoms with Gasteiger partial charge in [-0.2, -0.15) is 0 Å². The summed E-state index contributed by atoms with van der Waals surface area (Å²) in [5.41, 5.74) is 5.99. The zero-order valence-electron chi connectivity index (χ0n) is 21.0. The standard InChI is InChI=1S/C26H25F3N2O3S.CH5N/c1-25(2)16-20(30-35-23-12-8-7-11-22(23)34-26(27,28)29)19-15-17(13-14-21(19)33-25)24(32)31(3)18-9-5-4-6-10-18;1-2/h4-15,20,30H,16H2,1-3H3;2H2,1H3. The Kier molecular flexibility index (Phi) is 9.12. The molecule has 0 radical (unpaired) electrons. The van der Waals surface area contributed by atoms with Gasteiger partial charge in [-0.05, 0) is 75.3 Å². The molecule has 3 aromatic carbocycles. The van der Waals surface area contributed by atoms with Crippen LogP contribution in [0.25, 0.3) is 0 Å². The molecule has 10 heteroatoms. The van der Waals surface area contributed by atoms with Crippen molar-refractivity contribution in [1.82, 2.24) is 4.72 Å². The van der Waals surface area contributed by atoms with E-state index in [9.17, 15) is 18.0 Å². The first-order valence-electron chi connectivity index (χ1n) is 11.5. The predicted octanol–water partition coefficient (Wildman–Crippen LogP) is 6.34. The number of carbonyl (C=O) groups is 1. The van der Waals surface area contributed by atoms with Crippen LogP contribution in [-0.4, -0.2) is 32.0 Å². The first-order valence-corrected chi connectivity index (χ1v) is 12.3. The van der Waals surface area contributed by atoms with Gasteiger partial charge in [-0.1, -0.05) is 30.3 Å². The lowest BCUT2D eigenvalue weighted by Gasteiger charge is -2.38. The first-order chi connectivity index (χ1) is 17.5. The summed E-state index contributed by atoms with van der Waals surface area (Å²) in [6.45, 7) is 3.89. The van der Waals surface area contributed by atoms with E-state index in [-0.39, 0.29) is 17.7 Å². The Morgan fingerprint density at radius 3 is 2.41 bits per heavy atom. The van der Waals surface area contributed by atoms with Crippen LogP contribution in [0.15, 0.2) is 77.7 Å². The monoisotopic (exact) mass is 533 g/mol. The molecule has 0 saturated heterocycles. The van der Waals surface area contributed by atoms with Crippen LogP contribution in [0.1, 0.15) is 42.2 Å². The first kappa shape index (κ1) is 28.4. The van der Waals surface area contributed by atoms with Crippen molar-refractivity contribution in [2.75, 3.05) is 19.0 Å². The minimum Gasteiger partial charge on any atom is -0.487 e. The molecule has 6 nitrogen and oxygen atoms in total. The fraction of sp³-hybridized carbons (Fsp3) is 0.296. The van der Waals surface area contributed by atoms with Crippen molar-refractivity contribution in [2.24, 2.45) is 5.73 Å². The second kappa shape index (κ2) is 11.9. The van der Waals surface area contributed by atoms with Gasteiger partial charge in [0.15, 0.2) is 0 Å². The van der Waals surface area contributed by atoms with Crippen LogP contribution < -0.4 is 24.8 Å². The largest absolute Gasteiger partial charge is 0.573 e. The number of carbonyl (C=O) groups excluding carboxylic acids is 1. The molecule has 1 aliphatic heterocycles. The number of halogens is 3. The van der Waals surface area contributed by atoms with Crippen molar-refractivity contribution >= 4 is 23.5 Å². The maximum Gasteiger partial charge on any atom is 0.573 e. The van der Waals surface area contributed by atoms with Crippen molar-refractivity contribution < 1.29 is 27.4 Å². The molecular formula is C27H30F3N3O3S. The summed E-state index contributed by atoms with van der Waals surface area (Å²) in [5, 5.41) is 0. The summed E-state index contributed by atoms with van der Waals surface area (Å²) in [7, 11) is 3.21. The minimum atomic E-state index is -4.79. The van der Waals surface area contributed by atoms with Crippen molar-refractivity contribution in [3.8, 4) is 11.5 Å². The van der Waals surface area contributed by atoms with E-state index in [1.54, 1.807) is 42.3 Å². The van der Waals surface area contributed by atoms with Crippen molar-refractivity contribution in [3.05, 3.63) is 83.9 Å². The Hall–Kier alpha value is -3.21. The lowest BCUT2D eigenvalue weighted by atomic mass is 9.89. The molecule has 198 valence electrons. The summed E-state index contributed by atoms with van der Waals surface area (Å²) >= 11 is 1.05. The number of hydrogen-bond donors (Lipinski definition) is 2. The fourth-order valence-electron chi connectivity index (χ4n) is 3.93. The Balaban J connectivity index is 0.00000186. The van der Waals surface area contributed by atoms with E-state index in [1.165, 1.54) is 19.2 Å². The minimum absolute atomic E-state index is 0.181. The smallest absolute Gasteiger partial charge is 0.487 e. The normalized spacial score (nSPS) is 15.9. The molecule has 1 aliphatic rings. The maximum atomic E-state index is 13.2. The van der Waals surface area contributed by atoms with E-state index < -0.39 is 12.0 Å². The number of nitrogens with one attached hydrogen (secondary N) is 1. The van der Waals surface area contributed by atoms with E-state index in [2.05, 4.69) is 15.2 Å². The van der Waals surface area contributed by atoms with Gasteiger partial charge in [0.05, 0.1) is 4.90 Å². The second-order valence-corrected chi connectivity index (χ2v) is 9.66. The van der Waals surface area contributed by atoms with Gasteiger partial charge in [-0.3, -0.25) is 9.52 Å². The van der Waals surface area contributed by atoms with E-state index in [1.807, 2.05) is 44.2 Å². The number of anilines is 1. The molecule has 37 heavy (non-hydrogen) atoms. The van der Waals surface area contributed by atoms with Gasteiger partial charge >= 0.3 is 6.36 Å². The quantitative estimate of drug-likeness (QED) is 0.361. The Morgan fingerprint density at radius 2 is 1.73 bits per heavy atom. The zero-order chi connectivity index (χ0) is 27.2. The molecule has 0 bridgehead atoms. The molecule has 3 aromatic rings. The summed E-state index contributed by atoms with van der Waals surface area (Å²) in [4.78, 5) is 15.0. The highest BCUT2D eigenvalue weighted by Gasteiger charge is 2.35. The van der Waals surface area contributed by atoms with Crippen LogP contribution in [0.5, 0.6) is 11.5 Å². The SMILES string of the molecule is CN.CN(C(=O)c1ccc2c(c1)C(NSc1ccccc1OC(F)(F)F)CC(C)(C)O2)c1ccccc1. The summed E-state index contributed by atoms with van der Waals surface area (Å²) in [6.07, 6.45) is -4.24. The average molecular weight is 534 g/mol. The molecule has 0 aliphatic carbocycles. The van der Waals surface area contributed by atoms with Gasteiger partial charge in [-0.15, -0.1) is 13.2 Å². The van der Waals surface area contributed by atoms with E-state index in [0.29, 0.717) is 22.6 Å². The van der Waals surface area contributed by atoms with Crippen molar-refractivity contribution in [1.29, 1.82) is 0 Å². The van der Waals surface area contributed by atoms with Gasteiger partial charge in [0.25, 0.3) is 5.91 Å². The molecule has 0 saturated carbocycles. The molecule has 4 rings (SSSR count). The molecule has 1 amide bonds. The van der Waals surface area contributed by atoms with Gasteiger partial charge in [0.2, 0.25) is 0 Å². The molecule has 3 N–H and O–H groups in total. The summed E-state index contributed by atoms with van der Waals surface area (Å²) < 4.78 is 52.0. The molecule has 0 fully saturated rings. The number of alkyl halides is 3. The van der Waals surface area contributed by atoms with Gasteiger partial charge < -0.3 is 20.1 Å². The number of fused-ring (bicyclic) bond motifs is 1. The topological polar surface area (TPSA) is 76.8 Å². The average Bonchev–Trinajstić information content (AvgIpc) is 2.87. The van der Waals surface area contributed by atoms with Crippen LogP contribution in [0.2, 0.25) is 0 Å². The lowest BCUT2D eigenvalue weighted by Crippen LogP contribution is -2.38. The van der Waals surface area contributed by atoms with Gasteiger partial charge in [0.1, 0.15) is 17.1 Å². The third-order valence-corrected chi connectivity index (χ3v) is 6.51. The van der Waals surface area contributed by atoms with Gasteiger partial charge in [-0.25, -0.2) is 0 Å². The molecule has 0 aromatic heterocycles. The number of rotatable bonds is 6. The van der Waals surface area contributed by atoms with Crippen molar-refractivity contribution in [2.45, 2.75) is 43.2 Å². The Morgan fingerprint density at radius 1 is 1.08 bits per heavy atom. The van der Waals surface area contributed by atoms with Crippen LogP contribution in [0, 0.1) is 0 Å². The maximum absolute atomic E-state index is 13.2. The van der Waals surface area contributed by atoms with E-state index in [4.69, 9.17) is 4.74 Å². The lowest BCUT2D eigenvalue weighted by molar-refractivity contribution is -0.275. The highest BCUT2D eigenvalue weighted by atomic mass is 32.2. The van der Waals surface area contributed by atoms with Gasteiger partial charge in [0, 0.05) is 36.3 Å². The number of hydrogen-bond acceptors (Lipinski definition) is 6. The van der Waals surface area contributed by atoms with Crippen molar-refractivity contribution in [3.63, 3.8) is 0 Å². The molecule has 1 atom stereocenters. The van der Waals surface area contributed by atoms with Crippen LogP contribution in [-0.2, 0) is 0 Å². The summed E-state index contributed by atoms with van der Waals surface area (Å²) in [6, 6.07) is 20.2. The zero-order valence-corrected chi connectivity index (χ0v) is 21.8. The number of para-hydroxylation sites is 2. The molecular weight excluding hydrogens is 503 g/mol. The number of nitrogens with zero attached hydrogens (tertiary/aromatic N) is 1. The van der Waals surface area contributed by atoms with Crippen LogP contribution in [0.3, 0.4) is 0 Å². The van der Waals surface area contributed by atoms with E-state index in [0.717, 1.165) is 23.2 Å². The number of ether oxygens (including phenoxy) is 2. The fourth-order valence-corrected chi connectivity index (χ4v) is 4.77. The van der Waals surface area contributed by atoms with E-state index >= 15 is 0 Å². The molecule has 0 spiro atoms. The number of nitrogens with two attached hydrogens (primary N) is 1. The molecule has 1 heterocycles. The third kappa shape index (κ3) is 7.41. The number of amides is 1. The van der Waals surface area contributed by atoms with Crippen LogP contribution in [0.4, 0.5) is 18.9 Å². The van der Waals surface area contributed by atoms with Crippen LogP contribution >= 0.6 is 11.9 Å². The summed E-state index contributed by atoms with van der Waals surface area (Å²) in [5.74, 6) is 0.162. The predicted molar refractivity (Wildman–Crippen MR) is 140 cm³/mol. The Labute approximate surface area is 219 Å². The Bertz CT molecular complexity index is 1210. The third-order valence-electron chi connectivity index (χ3n) is 5.55. The number of benzene rings is 3.